The third kappa shape index (κ3) is 2.66. The zero-order valence-electron chi connectivity index (χ0n) is 11.3. The minimum Gasteiger partial charge on any atom is -0.423 e. The van der Waals surface area contributed by atoms with E-state index in [-0.39, 0.29) is 5.91 Å². The molecule has 0 saturated carbocycles. The number of carbonyl (C=O) groups excluding carboxylic acids is 1. The van der Waals surface area contributed by atoms with Gasteiger partial charge in [-0.2, -0.15) is 5.10 Å². The highest BCUT2D eigenvalue weighted by atomic mass is 16.4. The van der Waals surface area contributed by atoms with Crippen LogP contribution in [0.1, 0.15) is 22.8 Å². The zero-order chi connectivity index (χ0) is 14.7. The van der Waals surface area contributed by atoms with Crippen molar-refractivity contribution in [2.24, 2.45) is 0 Å². The van der Waals surface area contributed by atoms with Crippen LogP contribution in [0.15, 0.2) is 41.3 Å². The van der Waals surface area contributed by atoms with E-state index in [1.807, 2.05) is 6.92 Å². The molecule has 2 aromatic heterocycles. The molecular formula is C14H13N5O2. The zero-order valence-corrected chi connectivity index (χ0v) is 11.3. The van der Waals surface area contributed by atoms with Crippen molar-refractivity contribution in [2.45, 2.75) is 13.3 Å². The second kappa shape index (κ2) is 5.58. The first-order valence-corrected chi connectivity index (χ1v) is 6.48. The van der Waals surface area contributed by atoms with Crippen LogP contribution in [0.4, 0.5) is 5.82 Å². The van der Waals surface area contributed by atoms with Gasteiger partial charge in [0, 0.05) is 16.7 Å². The largest absolute Gasteiger partial charge is 0.423 e. The number of aromatic nitrogens is 4. The SMILES string of the molecule is CCc1cn[nH]c1NC(=O)c1ccc(-c2nnco2)cc1. The van der Waals surface area contributed by atoms with E-state index < -0.39 is 0 Å². The van der Waals surface area contributed by atoms with Crippen LogP contribution in [-0.2, 0) is 6.42 Å². The molecule has 0 spiro atoms. The third-order valence-electron chi connectivity index (χ3n) is 3.09. The van der Waals surface area contributed by atoms with E-state index in [4.69, 9.17) is 4.42 Å². The first-order valence-electron chi connectivity index (χ1n) is 6.48. The summed E-state index contributed by atoms with van der Waals surface area (Å²) in [5.74, 6) is 0.846. The number of carbonyl (C=O) groups is 1. The lowest BCUT2D eigenvalue weighted by Gasteiger charge is -2.05. The summed E-state index contributed by atoms with van der Waals surface area (Å²) in [6.45, 7) is 2.00. The number of nitrogens with one attached hydrogen (secondary N) is 2. The Bertz CT molecular complexity index is 731. The van der Waals surface area contributed by atoms with Crippen LogP contribution in [-0.4, -0.2) is 26.3 Å². The normalized spacial score (nSPS) is 10.5. The van der Waals surface area contributed by atoms with Gasteiger partial charge in [0.15, 0.2) is 0 Å². The molecular weight excluding hydrogens is 270 g/mol. The lowest BCUT2D eigenvalue weighted by Crippen LogP contribution is -2.13. The van der Waals surface area contributed by atoms with Gasteiger partial charge in [-0.1, -0.05) is 6.92 Å². The van der Waals surface area contributed by atoms with Crippen LogP contribution in [0.5, 0.6) is 0 Å². The van der Waals surface area contributed by atoms with Crippen molar-refractivity contribution in [1.82, 2.24) is 20.4 Å². The number of amides is 1. The predicted molar refractivity (Wildman–Crippen MR) is 75.7 cm³/mol. The number of H-pyrrole nitrogens is 1. The van der Waals surface area contributed by atoms with Gasteiger partial charge in [0.05, 0.1) is 6.20 Å². The highest BCUT2D eigenvalue weighted by Crippen LogP contribution is 2.18. The van der Waals surface area contributed by atoms with Crippen molar-refractivity contribution in [3.8, 4) is 11.5 Å². The topological polar surface area (TPSA) is 96.7 Å². The Hall–Kier alpha value is -2.96. The van der Waals surface area contributed by atoms with E-state index in [9.17, 15) is 4.79 Å². The monoisotopic (exact) mass is 283 g/mol. The standard InChI is InChI=1S/C14H13N5O2/c1-2-9-7-15-18-12(9)17-13(20)10-3-5-11(6-4-10)14-19-16-8-21-14/h3-8H,2H2,1H3,(H2,15,17,18,20). The Labute approximate surface area is 120 Å². The highest BCUT2D eigenvalue weighted by molar-refractivity contribution is 6.04. The molecule has 0 atom stereocenters. The number of aryl methyl sites for hydroxylation is 1. The summed E-state index contributed by atoms with van der Waals surface area (Å²) in [4.78, 5) is 12.2. The van der Waals surface area contributed by atoms with Crippen molar-refractivity contribution in [1.29, 1.82) is 0 Å². The molecule has 0 aliphatic heterocycles. The fourth-order valence-corrected chi connectivity index (χ4v) is 1.94. The van der Waals surface area contributed by atoms with Crippen LogP contribution in [0.3, 0.4) is 0 Å². The maximum atomic E-state index is 12.2. The number of hydrogen-bond donors (Lipinski definition) is 2. The van der Waals surface area contributed by atoms with Gasteiger partial charge in [-0.3, -0.25) is 9.89 Å². The maximum absolute atomic E-state index is 12.2. The Morgan fingerprint density at radius 1 is 1.33 bits per heavy atom. The maximum Gasteiger partial charge on any atom is 0.256 e. The van der Waals surface area contributed by atoms with E-state index in [1.54, 1.807) is 30.5 Å². The number of hydrogen-bond acceptors (Lipinski definition) is 5. The second-order valence-corrected chi connectivity index (χ2v) is 4.40. The van der Waals surface area contributed by atoms with Gasteiger partial charge in [0.2, 0.25) is 12.3 Å². The number of aromatic amines is 1. The van der Waals surface area contributed by atoms with Crippen molar-refractivity contribution < 1.29 is 9.21 Å². The number of anilines is 1. The second-order valence-electron chi connectivity index (χ2n) is 4.40. The fraction of sp³-hybridized carbons (Fsp3) is 0.143. The first-order chi connectivity index (χ1) is 10.3. The molecule has 0 aliphatic carbocycles. The van der Waals surface area contributed by atoms with Crippen molar-refractivity contribution in [2.75, 3.05) is 5.32 Å². The number of benzene rings is 1. The van der Waals surface area contributed by atoms with Crippen LogP contribution >= 0.6 is 0 Å². The van der Waals surface area contributed by atoms with Crippen molar-refractivity contribution in [3.63, 3.8) is 0 Å². The Kier molecular flexibility index (Phi) is 3.46. The molecule has 2 N–H and O–H groups in total. The summed E-state index contributed by atoms with van der Waals surface area (Å²) in [6.07, 6.45) is 3.76. The molecule has 7 heteroatoms. The molecule has 1 aromatic carbocycles. The minimum absolute atomic E-state index is 0.203. The average Bonchev–Trinajstić information content (AvgIpc) is 3.18. The van der Waals surface area contributed by atoms with Crippen LogP contribution < -0.4 is 5.32 Å². The number of rotatable bonds is 4. The van der Waals surface area contributed by atoms with Gasteiger partial charge < -0.3 is 9.73 Å². The van der Waals surface area contributed by atoms with Crippen molar-refractivity contribution >= 4 is 11.7 Å². The van der Waals surface area contributed by atoms with E-state index in [0.717, 1.165) is 17.5 Å². The molecule has 21 heavy (non-hydrogen) atoms. The minimum atomic E-state index is -0.203. The van der Waals surface area contributed by atoms with Gasteiger partial charge in [0.25, 0.3) is 5.91 Å². The summed E-state index contributed by atoms with van der Waals surface area (Å²) in [6, 6.07) is 6.93. The Morgan fingerprint density at radius 3 is 2.81 bits per heavy atom. The van der Waals surface area contributed by atoms with E-state index in [2.05, 4.69) is 25.7 Å². The van der Waals surface area contributed by atoms with Gasteiger partial charge in [0.1, 0.15) is 5.82 Å². The van der Waals surface area contributed by atoms with Gasteiger partial charge >= 0.3 is 0 Å². The first kappa shape index (κ1) is 13.0. The molecule has 0 bridgehead atoms. The van der Waals surface area contributed by atoms with Gasteiger partial charge in [-0.05, 0) is 30.7 Å². The van der Waals surface area contributed by atoms with E-state index in [1.165, 1.54) is 6.39 Å². The Morgan fingerprint density at radius 2 is 2.14 bits per heavy atom. The number of nitrogens with zero attached hydrogens (tertiary/aromatic N) is 3. The van der Waals surface area contributed by atoms with Crippen LogP contribution in [0.2, 0.25) is 0 Å². The molecule has 1 amide bonds. The molecule has 2 heterocycles. The molecule has 3 rings (SSSR count). The average molecular weight is 283 g/mol. The summed E-state index contributed by atoms with van der Waals surface area (Å²) in [7, 11) is 0. The van der Waals surface area contributed by atoms with Gasteiger partial charge in [-0.25, -0.2) is 0 Å². The summed E-state index contributed by atoms with van der Waals surface area (Å²) in [5.41, 5.74) is 2.26. The molecule has 0 saturated heterocycles. The van der Waals surface area contributed by atoms with Crippen LogP contribution in [0.25, 0.3) is 11.5 Å². The summed E-state index contributed by atoms with van der Waals surface area (Å²) in [5, 5.41) is 16.9. The summed E-state index contributed by atoms with van der Waals surface area (Å²) >= 11 is 0. The molecule has 0 aliphatic rings. The quantitative estimate of drug-likeness (QED) is 0.765. The van der Waals surface area contributed by atoms with Gasteiger partial charge in [-0.15, -0.1) is 10.2 Å². The molecule has 3 aromatic rings. The predicted octanol–water partition coefficient (Wildman–Crippen LogP) is 2.27. The molecule has 7 nitrogen and oxygen atoms in total. The fourth-order valence-electron chi connectivity index (χ4n) is 1.94. The Balaban J connectivity index is 1.76. The lowest BCUT2D eigenvalue weighted by atomic mass is 10.1. The third-order valence-corrected chi connectivity index (χ3v) is 3.09. The molecule has 0 radical (unpaired) electrons. The van der Waals surface area contributed by atoms with E-state index in [0.29, 0.717) is 17.3 Å². The highest BCUT2D eigenvalue weighted by Gasteiger charge is 2.11. The smallest absolute Gasteiger partial charge is 0.256 e. The van der Waals surface area contributed by atoms with E-state index >= 15 is 0 Å². The molecule has 106 valence electrons. The molecule has 0 fully saturated rings. The van der Waals surface area contributed by atoms with Crippen LogP contribution in [0, 0.1) is 0 Å². The molecule has 0 unspecified atom stereocenters. The summed E-state index contributed by atoms with van der Waals surface area (Å²) < 4.78 is 5.10. The van der Waals surface area contributed by atoms with Crippen molar-refractivity contribution in [3.05, 3.63) is 48.0 Å². The lowest BCUT2D eigenvalue weighted by molar-refractivity contribution is 0.102.